The molecule has 7 nitrogen and oxygen atoms in total. The predicted octanol–water partition coefficient (Wildman–Crippen LogP) is 1.77. The van der Waals surface area contributed by atoms with Crippen LogP contribution < -0.4 is 15.4 Å². The summed E-state index contributed by atoms with van der Waals surface area (Å²) in [7, 11) is 1.56. The summed E-state index contributed by atoms with van der Waals surface area (Å²) in [5.41, 5.74) is -0.938. The van der Waals surface area contributed by atoms with E-state index in [0.29, 0.717) is 17.7 Å². The molecule has 1 aromatic rings. The van der Waals surface area contributed by atoms with Crippen LogP contribution in [0.4, 0.5) is 4.79 Å². The average molecular weight is 347 g/mol. The minimum atomic E-state index is -1.16. The van der Waals surface area contributed by atoms with Gasteiger partial charge in [-0.25, -0.2) is 4.79 Å². The van der Waals surface area contributed by atoms with E-state index in [1.807, 2.05) is 27.7 Å². The summed E-state index contributed by atoms with van der Waals surface area (Å²) in [6.45, 7) is 7.03. The van der Waals surface area contributed by atoms with Crippen molar-refractivity contribution in [3.05, 3.63) is 29.8 Å². The minimum Gasteiger partial charge on any atom is -0.497 e. The van der Waals surface area contributed by atoms with E-state index in [9.17, 15) is 14.4 Å². The molecule has 0 saturated carbocycles. The smallest absolute Gasteiger partial charge is 0.325 e. The lowest BCUT2D eigenvalue weighted by Gasteiger charge is -2.26. The quantitative estimate of drug-likeness (QED) is 0.795. The topological polar surface area (TPSA) is 87.7 Å². The van der Waals surface area contributed by atoms with Crippen LogP contribution in [-0.4, -0.2) is 41.9 Å². The maximum Gasteiger partial charge on any atom is 0.325 e. The number of hydrogen-bond donors (Lipinski definition) is 2. The second-order valence-corrected chi connectivity index (χ2v) is 7.11. The maximum atomic E-state index is 13.0. The monoisotopic (exact) mass is 347 g/mol. The van der Waals surface area contributed by atoms with Crippen LogP contribution in [0.5, 0.6) is 5.75 Å². The summed E-state index contributed by atoms with van der Waals surface area (Å²) in [5.74, 6) is -0.139. The molecule has 0 spiro atoms. The van der Waals surface area contributed by atoms with E-state index >= 15 is 0 Å². The number of carbonyl (C=O) groups is 3. The number of imide groups is 1. The van der Waals surface area contributed by atoms with Crippen LogP contribution in [0.1, 0.15) is 39.7 Å². The average Bonchev–Trinajstić information content (AvgIpc) is 2.78. The SMILES string of the molecule is CC[C@]1(c2ccc(OC)cc2)NC(=O)N(CC(=O)NC(C)(C)C)C1=O. The van der Waals surface area contributed by atoms with Gasteiger partial charge in [0, 0.05) is 5.54 Å². The normalized spacial score (nSPS) is 20.4. The van der Waals surface area contributed by atoms with Crippen molar-refractivity contribution in [3.8, 4) is 5.75 Å². The van der Waals surface area contributed by atoms with E-state index in [4.69, 9.17) is 4.74 Å². The standard InChI is InChI=1S/C18H25N3O4/c1-6-18(12-7-9-13(25-5)10-8-12)15(23)21(16(24)20-18)11-14(22)19-17(2,3)4/h7-10H,6,11H2,1-5H3,(H,19,22)(H,20,24)/t18-/m1/s1. The molecule has 1 aliphatic heterocycles. The number of amides is 4. The van der Waals surface area contributed by atoms with Gasteiger partial charge >= 0.3 is 6.03 Å². The summed E-state index contributed by atoms with van der Waals surface area (Å²) in [6, 6.07) is 6.41. The third-order valence-corrected chi connectivity index (χ3v) is 4.11. The number of methoxy groups -OCH3 is 1. The first-order valence-electron chi connectivity index (χ1n) is 8.22. The Labute approximate surface area is 147 Å². The third-order valence-electron chi connectivity index (χ3n) is 4.11. The lowest BCUT2D eigenvalue weighted by molar-refractivity contribution is -0.135. The highest BCUT2D eigenvalue weighted by molar-refractivity contribution is 6.09. The van der Waals surface area contributed by atoms with Gasteiger partial charge in [-0.2, -0.15) is 0 Å². The van der Waals surface area contributed by atoms with Crippen LogP contribution in [0.3, 0.4) is 0 Å². The number of benzene rings is 1. The van der Waals surface area contributed by atoms with E-state index in [1.165, 1.54) is 0 Å². The summed E-state index contributed by atoms with van der Waals surface area (Å²) in [5, 5.41) is 5.51. The van der Waals surface area contributed by atoms with Crippen molar-refractivity contribution in [1.29, 1.82) is 0 Å². The number of rotatable bonds is 5. The highest BCUT2D eigenvalue weighted by Gasteiger charge is 2.51. The van der Waals surface area contributed by atoms with Crippen molar-refractivity contribution in [3.63, 3.8) is 0 Å². The van der Waals surface area contributed by atoms with Gasteiger partial charge in [0.15, 0.2) is 0 Å². The number of nitrogens with one attached hydrogen (secondary N) is 2. The van der Waals surface area contributed by atoms with Gasteiger partial charge in [-0.3, -0.25) is 14.5 Å². The summed E-state index contributed by atoms with van der Waals surface area (Å²) in [6.07, 6.45) is 0.376. The molecule has 1 saturated heterocycles. The van der Waals surface area contributed by atoms with Crippen LogP contribution in [0.25, 0.3) is 0 Å². The predicted molar refractivity (Wildman–Crippen MR) is 93.1 cm³/mol. The van der Waals surface area contributed by atoms with E-state index in [0.717, 1.165) is 4.90 Å². The minimum absolute atomic E-state index is 0.306. The summed E-state index contributed by atoms with van der Waals surface area (Å²) in [4.78, 5) is 38.4. The van der Waals surface area contributed by atoms with E-state index in [-0.39, 0.29) is 12.5 Å². The maximum absolute atomic E-state index is 13.0. The summed E-state index contributed by atoms with van der Waals surface area (Å²) >= 11 is 0. The van der Waals surface area contributed by atoms with Crippen molar-refractivity contribution >= 4 is 17.8 Å². The molecule has 2 N–H and O–H groups in total. The number of carbonyl (C=O) groups excluding carboxylic acids is 3. The molecule has 1 aliphatic rings. The molecule has 7 heteroatoms. The number of urea groups is 1. The Kier molecular flexibility index (Phi) is 5.06. The molecule has 25 heavy (non-hydrogen) atoms. The Bertz CT molecular complexity index is 679. The van der Waals surface area contributed by atoms with Crippen molar-refractivity contribution < 1.29 is 19.1 Å². The molecule has 1 fully saturated rings. The fourth-order valence-electron chi connectivity index (χ4n) is 2.89. The van der Waals surface area contributed by atoms with Crippen molar-refractivity contribution in [2.75, 3.05) is 13.7 Å². The molecule has 136 valence electrons. The lowest BCUT2D eigenvalue weighted by atomic mass is 9.87. The fourth-order valence-corrected chi connectivity index (χ4v) is 2.89. The van der Waals surface area contributed by atoms with Gasteiger partial charge in [-0.1, -0.05) is 19.1 Å². The van der Waals surface area contributed by atoms with E-state index < -0.39 is 23.0 Å². The van der Waals surface area contributed by atoms with Crippen LogP contribution in [-0.2, 0) is 15.1 Å². The van der Waals surface area contributed by atoms with Gasteiger partial charge in [-0.15, -0.1) is 0 Å². The highest BCUT2D eigenvalue weighted by Crippen LogP contribution is 2.33. The first-order chi connectivity index (χ1) is 11.6. The Morgan fingerprint density at radius 2 is 1.84 bits per heavy atom. The van der Waals surface area contributed by atoms with E-state index in [2.05, 4.69) is 10.6 Å². The Balaban J connectivity index is 2.26. The molecule has 0 aromatic heterocycles. The molecule has 1 heterocycles. The van der Waals surface area contributed by atoms with Gasteiger partial charge in [0.05, 0.1) is 7.11 Å². The zero-order chi connectivity index (χ0) is 18.8. The summed E-state index contributed by atoms with van der Waals surface area (Å²) < 4.78 is 5.13. The molecule has 0 aliphatic carbocycles. The number of ether oxygens (including phenoxy) is 1. The Morgan fingerprint density at radius 3 is 2.32 bits per heavy atom. The van der Waals surface area contributed by atoms with Gasteiger partial charge < -0.3 is 15.4 Å². The van der Waals surface area contributed by atoms with Gasteiger partial charge in [0.25, 0.3) is 5.91 Å². The van der Waals surface area contributed by atoms with E-state index in [1.54, 1.807) is 31.4 Å². The molecule has 0 radical (unpaired) electrons. The molecule has 1 aromatic carbocycles. The third kappa shape index (κ3) is 3.75. The fraction of sp³-hybridized carbons (Fsp3) is 0.500. The van der Waals surface area contributed by atoms with Crippen molar-refractivity contribution in [2.45, 2.75) is 45.2 Å². The van der Waals surface area contributed by atoms with Gasteiger partial charge in [0.1, 0.15) is 17.8 Å². The van der Waals surface area contributed by atoms with Crippen molar-refractivity contribution in [2.24, 2.45) is 0 Å². The Morgan fingerprint density at radius 1 is 1.24 bits per heavy atom. The highest BCUT2D eigenvalue weighted by atomic mass is 16.5. The molecular formula is C18H25N3O4. The molecule has 0 bridgehead atoms. The first-order valence-corrected chi connectivity index (χ1v) is 8.22. The Hall–Kier alpha value is -2.57. The van der Waals surface area contributed by atoms with Gasteiger partial charge in [0.2, 0.25) is 5.91 Å². The molecule has 4 amide bonds. The number of hydrogen-bond acceptors (Lipinski definition) is 4. The molecular weight excluding hydrogens is 322 g/mol. The van der Waals surface area contributed by atoms with Crippen LogP contribution in [0.15, 0.2) is 24.3 Å². The van der Waals surface area contributed by atoms with Crippen LogP contribution >= 0.6 is 0 Å². The zero-order valence-corrected chi connectivity index (χ0v) is 15.3. The second-order valence-electron chi connectivity index (χ2n) is 7.11. The molecule has 2 rings (SSSR count). The lowest BCUT2D eigenvalue weighted by Crippen LogP contribution is -2.48. The first kappa shape index (κ1) is 18.8. The molecule has 0 unspecified atom stereocenters. The van der Waals surface area contributed by atoms with Crippen molar-refractivity contribution in [1.82, 2.24) is 15.5 Å². The largest absolute Gasteiger partial charge is 0.497 e. The zero-order valence-electron chi connectivity index (χ0n) is 15.3. The van der Waals surface area contributed by atoms with Gasteiger partial charge in [-0.05, 0) is 44.9 Å². The number of nitrogens with zero attached hydrogens (tertiary/aromatic N) is 1. The molecule has 1 atom stereocenters. The second kappa shape index (κ2) is 6.74. The van der Waals surface area contributed by atoms with Crippen LogP contribution in [0, 0.1) is 0 Å². The van der Waals surface area contributed by atoms with Crippen LogP contribution in [0.2, 0.25) is 0 Å².